The summed E-state index contributed by atoms with van der Waals surface area (Å²) in [7, 11) is 0. The summed E-state index contributed by atoms with van der Waals surface area (Å²) in [6.45, 7) is 6.51. The minimum Gasteiger partial charge on any atom is -0.450 e. The summed E-state index contributed by atoms with van der Waals surface area (Å²) in [5.41, 5.74) is 0.466. The first-order chi connectivity index (χ1) is 10.4. The predicted molar refractivity (Wildman–Crippen MR) is 87.7 cm³/mol. The van der Waals surface area contributed by atoms with E-state index in [0.29, 0.717) is 24.6 Å². The molecule has 0 fully saturated rings. The van der Waals surface area contributed by atoms with Gasteiger partial charge >= 0.3 is 6.09 Å². The van der Waals surface area contributed by atoms with Crippen molar-refractivity contribution in [3.63, 3.8) is 0 Å². The van der Waals surface area contributed by atoms with Crippen LogP contribution in [0.2, 0.25) is 0 Å². The average molecular weight is 372 g/mol. The quantitative estimate of drug-likeness (QED) is 0.771. The van der Waals surface area contributed by atoms with Gasteiger partial charge in [0.1, 0.15) is 0 Å². The summed E-state index contributed by atoms with van der Waals surface area (Å²) in [4.78, 5) is 27.6. The lowest BCUT2D eigenvalue weighted by Crippen LogP contribution is -2.44. The van der Waals surface area contributed by atoms with Gasteiger partial charge in [-0.1, -0.05) is 13.8 Å². The maximum absolute atomic E-state index is 12.1. The minimum atomic E-state index is -0.466. The van der Waals surface area contributed by atoms with Gasteiger partial charge in [-0.2, -0.15) is 0 Å². The fraction of sp³-hybridized carbons (Fsp3) is 0.533. The maximum Gasteiger partial charge on any atom is 0.407 e. The van der Waals surface area contributed by atoms with Crippen molar-refractivity contribution >= 4 is 27.9 Å². The molecule has 1 heterocycles. The van der Waals surface area contributed by atoms with Crippen LogP contribution in [0.5, 0.6) is 0 Å². The van der Waals surface area contributed by atoms with Crippen LogP contribution < -0.4 is 10.6 Å². The summed E-state index contributed by atoms with van der Waals surface area (Å²) in [6.07, 6.45) is 3.39. The molecule has 1 aromatic rings. The zero-order chi connectivity index (χ0) is 16.5. The third kappa shape index (κ3) is 6.89. The second-order valence-corrected chi connectivity index (χ2v) is 6.21. The third-order valence-corrected chi connectivity index (χ3v) is 3.26. The van der Waals surface area contributed by atoms with Crippen LogP contribution in [0, 0.1) is 5.92 Å². The van der Waals surface area contributed by atoms with E-state index < -0.39 is 6.09 Å². The summed E-state index contributed by atoms with van der Waals surface area (Å²) >= 11 is 3.28. The van der Waals surface area contributed by atoms with E-state index in [1.54, 1.807) is 19.2 Å². The Morgan fingerprint density at radius 1 is 1.36 bits per heavy atom. The van der Waals surface area contributed by atoms with Crippen molar-refractivity contribution in [1.29, 1.82) is 0 Å². The molecule has 0 saturated carbocycles. The fourth-order valence-electron chi connectivity index (χ4n) is 1.96. The molecule has 0 radical (unpaired) electrons. The highest BCUT2D eigenvalue weighted by molar-refractivity contribution is 9.10. The lowest BCUT2D eigenvalue weighted by Gasteiger charge is -2.20. The van der Waals surface area contributed by atoms with E-state index >= 15 is 0 Å². The van der Waals surface area contributed by atoms with Crippen molar-refractivity contribution in [3.05, 3.63) is 28.5 Å². The van der Waals surface area contributed by atoms with Gasteiger partial charge in [0.25, 0.3) is 5.91 Å². The van der Waals surface area contributed by atoms with Crippen molar-refractivity contribution in [3.8, 4) is 0 Å². The highest BCUT2D eigenvalue weighted by Crippen LogP contribution is 2.10. The van der Waals surface area contributed by atoms with Crippen LogP contribution in [-0.2, 0) is 4.74 Å². The second-order valence-electron chi connectivity index (χ2n) is 5.29. The van der Waals surface area contributed by atoms with Crippen molar-refractivity contribution in [2.75, 3.05) is 13.2 Å². The molecule has 1 aromatic heterocycles. The van der Waals surface area contributed by atoms with Gasteiger partial charge in [-0.05, 0) is 41.3 Å². The number of rotatable bonds is 7. The largest absolute Gasteiger partial charge is 0.450 e. The third-order valence-electron chi connectivity index (χ3n) is 2.83. The first kappa shape index (κ1) is 18.4. The van der Waals surface area contributed by atoms with E-state index in [2.05, 4.69) is 45.4 Å². The van der Waals surface area contributed by atoms with Gasteiger partial charge in [-0.25, -0.2) is 4.79 Å². The van der Waals surface area contributed by atoms with Crippen LogP contribution in [0.3, 0.4) is 0 Å². The summed E-state index contributed by atoms with van der Waals surface area (Å²) in [6, 6.07) is 1.52. The molecule has 1 atom stereocenters. The number of nitrogens with one attached hydrogen (secondary N) is 2. The first-order valence-electron chi connectivity index (χ1n) is 7.24. The number of carbonyl (C=O) groups is 2. The molecule has 0 unspecified atom stereocenters. The monoisotopic (exact) mass is 371 g/mol. The lowest BCUT2D eigenvalue weighted by molar-refractivity contribution is 0.0944. The molecule has 0 aliphatic heterocycles. The zero-order valence-corrected chi connectivity index (χ0v) is 14.6. The summed E-state index contributed by atoms with van der Waals surface area (Å²) in [5.74, 6) is 0.157. The summed E-state index contributed by atoms with van der Waals surface area (Å²) in [5, 5.41) is 5.58. The molecule has 1 rings (SSSR count). The highest BCUT2D eigenvalue weighted by atomic mass is 79.9. The van der Waals surface area contributed by atoms with Crippen LogP contribution in [0.15, 0.2) is 22.9 Å². The molecular weight excluding hydrogens is 350 g/mol. The molecule has 0 spiro atoms. The number of hydrogen-bond acceptors (Lipinski definition) is 4. The number of amides is 2. The average Bonchev–Trinajstić information content (AvgIpc) is 2.44. The van der Waals surface area contributed by atoms with Crippen LogP contribution in [0.4, 0.5) is 4.79 Å². The molecule has 6 nitrogen and oxygen atoms in total. The number of carbonyl (C=O) groups excluding carboxylic acids is 2. The topological polar surface area (TPSA) is 80.3 Å². The van der Waals surface area contributed by atoms with Gasteiger partial charge < -0.3 is 15.4 Å². The molecular formula is C15H22BrN3O3. The van der Waals surface area contributed by atoms with Gasteiger partial charge in [-0.15, -0.1) is 0 Å². The fourth-order valence-corrected chi connectivity index (χ4v) is 2.32. The van der Waals surface area contributed by atoms with Crippen LogP contribution in [0.25, 0.3) is 0 Å². The SMILES string of the molecule is CCOC(=O)N[C@H](CNC(=O)c1cncc(Br)c1)CC(C)C. The molecule has 0 saturated heterocycles. The van der Waals surface area contributed by atoms with E-state index in [4.69, 9.17) is 4.74 Å². The van der Waals surface area contributed by atoms with E-state index in [0.717, 1.165) is 10.9 Å². The molecule has 7 heteroatoms. The predicted octanol–water partition coefficient (Wildman–Crippen LogP) is 2.73. The highest BCUT2D eigenvalue weighted by Gasteiger charge is 2.16. The number of hydrogen-bond donors (Lipinski definition) is 2. The van der Waals surface area contributed by atoms with Gasteiger partial charge in [0.15, 0.2) is 0 Å². The number of alkyl carbamates (subject to hydrolysis) is 1. The molecule has 22 heavy (non-hydrogen) atoms. The van der Waals surface area contributed by atoms with Gasteiger partial charge in [-0.3, -0.25) is 9.78 Å². The van der Waals surface area contributed by atoms with Crippen molar-refractivity contribution in [2.24, 2.45) is 5.92 Å². The Morgan fingerprint density at radius 3 is 2.68 bits per heavy atom. The number of aromatic nitrogens is 1. The Kier molecular flexibility index (Phi) is 7.87. The van der Waals surface area contributed by atoms with Crippen molar-refractivity contribution in [1.82, 2.24) is 15.6 Å². The zero-order valence-electron chi connectivity index (χ0n) is 13.1. The Morgan fingerprint density at radius 2 is 2.09 bits per heavy atom. The maximum atomic E-state index is 12.1. The molecule has 122 valence electrons. The molecule has 0 aliphatic rings. The Balaban J connectivity index is 2.58. The second kappa shape index (κ2) is 9.40. The molecule has 2 N–H and O–H groups in total. The van der Waals surface area contributed by atoms with Crippen LogP contribution in [-0.4, -0.2) is 36.2 Å². The number of ether oxygens (including phenoxy) is 1. The van der Waals surface area contributed by atoms with Crippen molar-refractivity contribution in [2.45, 2.75) is 33.2 Å². The van der Waals surface area contributed by atoms with Gasteiger partial charge in [0, 0.05) is 29.5 Å². The molecule has 0 bridgehead atoms. The van der Waals surface area contributed by atoms with E-state index in [-0.39, 0.29) is 11.9 Å². The van der Waals surface area contributed by atoms with Crippen LogP contribution in [0.1, 0.15) is 37.6 Å². The van der Waals surface area contributed by atoms with Gasteiger partial charge in [0.05, 0.1) is 12.2 Å². The lowest BCUT2D eigenvalue weighted by atomic mass is 10.0. The minimum absolute atomic E-state index is 0.178. The molecule has 0 aromatic carbocycles. The van der Waals surface area contributed by atoms with E-state index in [1.807, 2.05) is 0 Å². The van der Waals surface area contributed by atoms with E-state index in [9.17, 15) is 9.59 Å². The molecule has 0 aliphatic carbocycles. The Bertz CT molecular complexity index is 509. The van der Waals surface area contributed by atoms with Gasteiger partial charge in [0.2, 0.25) is 0 Å². The van der Waals surface area contributed by atoms with Crippen molar-refractivity contribution < 1.29 is 14.3 Å². The number of nitrogens with zero attached hydrogens (tertiary/aromatic N) is 1. The molecule has 2 amide bonds. The Labute approximate surface area is 139 Å². The standard InChI is InChI=1S/C15H22BrN3O3/c1-4-22-15(21)19-13(5-10(2)3)9-18-14(20)11-6-12(16)8-17-7-11/h6-8,10,13H,4-5,9H2,1-3H3,(H,18,20)(H,19,21)/t13-/m0/s1. The van der Waals surface area contributed by atoms with Crippen LogP contribution >= 0.6 is 15.9 Å². The first-order valence-corrected chi connectivity index (χ1v) is 8.03. The summed E-state index contributed by atoms with van der Waals surface area (Å²) < 4.78 is 5.62. The number of halogens is 1. The van der Waals surface area contributed by atoms with E-state index in [1.165, 1.54) is 6.20 Å². The Hall–Kier alpha value is -1.63. The number of pyridine rings is 1. The smallest absolute Gasteiger partial charge is 0.407 e. The normalized spacial score (nSPS) is 11.9.